The highest BCUT2D eigenvalue weighted by atomic mass is 32.2. The predicted molar refractivity (Wildman–Crippen MR) is 115 cm³/mol. The number of carbonyl (C=O) groups is 2. The highest BCUT2D eigenvalue weighted by molar-refractivity contribution is 7.90. The second kappa shape index (κ2) is 7.63. The van der Waals surface area contributed by atoms with Gasteiger partial charge < -0.3 is 14.1 Å². The summed E-state index contributed by atoms with van der Waals surface area (Å²) in [6.45, 7) is 14.3. The number of hydrogen-bond donors (Lipinski definition) is 0. The number of fused-ring (bicyclic) bond motifs is 3. The fourth-order valence-electron chi connectivity index (χ4n) is 3.94. The lowest BCUT2D eigenvalue weighted by Crippen LogP contribution is -2.60. The Hall–Kier alpha value is -1.85. The van der Waals surface area contributed by atoms with Gasteiger partial charge in [0.1, 0.15) is 5.69 Å². The van der Waals surface area contributed by atoms with Crippen molar-refractivity contribution < 1.29 is 27.2 Å². The zero-order valence-corrected chi connectivity index (χ0v) is 21.1. The lowest BCUT2D eigenvalue weighted by atomic mass is 9.82. The summed E-state index contributed by atoms with van der Waals surface area (Å²) < 4.78 is 35.7. The summed E-state index contributed by atoms with van der Waals surface area (Å²) >= 11 is 0. The quantitative estimate of drug-likeness (QED) is 0.354. The van der Waals surface area contributed by atoms with Crippen LogP contribution in [0.1, 0.15) is 58.0 Å². The van der Waals surface area contributed by atoms with Gasteiger partial charge in [0.15, 0.2) is 29.2 Å². The first-order chi connectivity index (χ1) is 14.1. The lowest BCUT2D eigenvalue weighted by Gasteiger charge is -2.49. The Morgan fingerprint density at radius 1 is 1.29 bits per heavy atom. The summed E-state index contributed by atoms with van der Waals surface area (Å²) in [7, 11) is -5.76. The number of rotatable bonds is 6. The van der Waals surface area contributed by atoms with Crippen LogP contribution >= 0.6 is 0 Å². The van der Waals surface area contributed by atoms with E-state index in [-0.39, 0.29) is 28.3 Å². The first-order valence-electron chi connectivity index (χ1n) is 10.4. The molecule has 4 atom stereocenters. The molecule has 0 N–H and O–H groups in total. The molecule has 0 saturated carbocycles. The van der Waals surface area contributed by atoms with Crippen LogP contribution in [0.25, 0.3) is 0 Å². The standard InChI is InChI=1S/C20H31N3O6SSi/c1-9-28-19(25)17-15-12(10-13(21-22-15)30(6,26)27)16-14(18(24)23(16)17)11(2)29-31(7,8)20(3,4)5/h10-11,14,16-17H,9H2,1-8H3/t11-,14?,16-,17?/m1/s1. The smallest absolute Gasteiger partial charge is 0.335 e. The summed E-state index contributed by atoms with van der Waals surface area (Å²) in [5, 5.41) is 7.60. The third-order valence-corrected chi connectivity index (χ3v) is 12.1. The largest absolute Gasteiger partial charge is 0.464 e. The van der Waals surface area contributed by atoms with Crippen molar-refractivity contribution in [1.82, 2.24) is 15.1 Å². The van der Waals surface area contributed by atoms with E-state index in [1.165, 1.54) is 11.0 Å². The average Bonchev–Trinajstić information content (AvgIpc) is 2.90. The number of carbonyl (C=O) groups excluding carboxylic acids is 2. The molecule has 11 heteroatoms. The summed E-state index contributed by atoms with van der Waals surface area (Å²) in [6.07, 6.45) is 0.643. The molecule has 1 aromatic rings. The van der Waals surface area contributed by atoms with E-state index in [4.69, 9.17) is 9.16 Å². The first-order valence-corrected chi connectivity index (χ1v) is 15.2. The maximum absolute atomic E-state index is 13.2. The van der Waals surface area contributed by atoms with Crippen LogP contribution < -0.4 is 0 Å². The van der Waals surface area contributed by atoms with Gasteiger partial charge in [0.2, 0.25) is 5.91 Å². The number of hydrogen-bond acceptors (Lipinski definition) is 8. The predicted octanol–water partition coefficient (Wildman–Crippen LogP) is 2.41. The fraction of sp³-hybridized carbons (Fsp3) is 0.700. The van der Waals surface area contributed by atoms with Crippen LogP contribution in [0.5, 0.6) is 0 Å². The zero-order chi connectivity index (χ0) is 23.5. The maximum Gasteiger partial charge on any atom is 0.335 e. The second-order valence-corrected chi connectivity index (χ2v) is 16.5. The van der Waals surface area contributed by atoms with Gasteiger partial charge in [-0.2, -0.15) is 5.10 Å². The monoisotopic (exact) mass is 469 g/mol. The van der Waals surface area contributed by atoms with Crippen LogP contribution in [0.15, 0.2) is 11.1 Å². The third-order valence-electron chi connectivity index (χ3n) is 6.55. The van der Waals surface area contributed by atoms with E-state index in [0.717, 1.165) is 6.26 Å². The number of nitrogens with zero attached hydrogens (tertiary/aromatic N) is 3. The van der Waals surface area contributed by atoms with Crippen molar-refractivity contribution in [2.45, 2.75) is 76.0 Å². The van der Waals surface area contributed by atoms with Crippen LogP contribution in [0, 0.1) is 5.92 Å². The van der Waals surface area contributed by atoms with Crippen LogP contribution in [0.4, 0.5) is 0 Å². The molecule has 1 saturated heterocycles. The van der Waals surface area contributed by atoms with Crippen molar-refractivity contribution in [2.24, 2.45) is 5.92 Å². The molecular formula is C20H31N3O6SSi. The molecule has 0 spiro atoms. The highest BCUT2D eigenvalue weighted by Gasteiger charge is 2.62. The molecule has 31 heavy (non-hydrogen) atoms. The number of aromatic nitrogens is 2. The van der Waals surface area contributed by atoms with Crippen molar-refractivity contribution in [2.75, 3.05) is 12.9 Å². The molecule has 0 radical (unpaired) electrons. The van der Waals surface area contributed by atoms with E-state index in [2.05, 4.69) is 44.1 Å². The Balaban J connectivity index is 2.02. The molecule has 2 aliphatic heterocycles. The molecule has 9 nitrogen and oxygen atoms in total. The zero-order valence-electron chi connectivity index (χ0n) is 19.3. The van der Waals surface area contributed by atoms with Crippen LogP contribution in [-0.2, 0) is 28.6 Å². The van der Waals surface area contributed by atoms with Crippen molar-refractivity contribution in [3.8, 4) is 0 Å². The van der Waals surface area contributed by atoms with Gasteiger partial charge in [-0.1, -0.05) is 20.8 Å². The lowest BCUT2D eigenvalue weighted by molar-refractivity contribution is -0.175. The molecule has 0 aromatic carbocycles. The molecule has 3 heterocycles. The van der Waals surface area contributed by atoms with Crippen molar-refractivity contribution in [1.29, 1.82) is 0 Å². The second-order valence-electron chi connectivity index (χ2n) is 9.75. The summed E-state index contributed by atoms with van der Waals surface area (Å²) in [5.74, 6) is -1.37. The summed E-state index contributed by atoms with van der Waals surface area (Å²) in [4.78, 5) is 27.2. The number of amides is 1. The van der Waals surface area contributed by atoms with Gasteiger partial charge in [0.05, 0.1) is 24.7 Å². The third kappa shape index (κ3) is 3.91. The van der Waals surface area contributed by atoms with Crippen LogP contribution in [-0.4, -0.2) is 62.7 Å². The molecule has 0 bridgehead atoms. The van der Waals surface area contributed by atoms with Crippen LogP contribution in [0.3, 0.4) is 0 Å². The molecule has 172 valence electrons. The molecular weight excluding hydrogens is 438 g/mol. The van der Waals surface area contributed by atoms with Gasteiger partial charge in [0.25, 0.3) is 0 Å². The van der Waals surface area contributed by atoms with Gasteiger partial charge >= 0.3 is 5.97 Å². The number of ether oxygens (including phenoxy) is 1. The highest BCUT2D eigenvalue weighted by Crippen LogP contribution is 2.55. The van der Waals surface area contributed by atoms with E-state index in [0.29, 0.717) is 5.56 Å². The molecule has 1 aromatic heterocycles. The Morgan fingerprint density at radius 2 is 1.90 bits per heavy atom. The Bertz CT molecular complexity index is 1020. The fourth-order valence-corrected chi connectivity index (χ4v) is 5.90. The Kier molecular flexibility index (Phi) is 5.86. The molecule has 1 fully saturated rings. The van der Waals surface area contributed by atoms with Crippen molar-refractivity contribution in [3.63, 3.8) is 0 Å². The molecule has 0 aliphatic carbocycles. The summed E-state index contributed by atoms with van der Waals surface area (Å²) in [6, 6.07) is -0.106. The molecule has 2 aliphatic rings. The number of β-lactam (4-membered cyclic amide) rings is 1. The minimum Gasteiger partial charge on any atom is -0.464 e. The molecule has 3 rings (SSSR count). The molecule has 2 unspecified atom stereocenters. The average molecular weight is 470 g/mol. The van der Waals surface area contributed by atoms with Gasteiger partial charge in [-0.3, -0.25) is 4.79 Å². The van der Waals surface area contributed by atoms with Crippen molar-refractivity contribution in [3.05, 3.63) is 17.3 Å². The van der Waals surface area contributed by atoms with Gasteiger partial charge in [-0.05, 0) is 38.0 Å². The maximum atomic E-state index is 13.2. The SMILES string of the molecule is CCOC(=O)C1c2nnc(S(C)(=O)=O)cc2[C@@H]2C([C@@H](C)O[Si](C)(C)C(C)(C)C)C(=O)N12. The first kappa shape index (κ1) is 23.8. The topological polar surface area (TPSA) is 116 Å². The minimum absolute atomic E-state index is 0.0380. The van der Waals surface area contributed by atoms with Gasteiger partial charge in [0, 0.05) is 11.8 Å². The normalized spacial score (nSPS) is 24.3. The van der Waals surface area contributed by atoms with Gasteiger partial charge in [-0.25, -0.2) is 13.2 Å². The van der Waals surface area contributed by atoms with Crippen molar-refractivity contribution >= 4 is 30.0 Å². The number of esters is 1. The Labute approximate surface area is 184 Å². The van der Waals surface area contributed by atoms with Gasteiger partial charge in [-0.15, -0.1) is 5.10 Å². The van der Waals surface area contributed by atoms with E-state index in [1.54, 1.807) is 6.92 Å². The van der Waals surface area contributed by atoms with E-state index in [9.17, 15) is 18.0 Å². The van der Waals surface area contributed by atoms with E-state index < -0.39 is 48.2 Å². The molecule has 1 amide bonds. The Morgan fingerprint density at radius 3 is 2.42 bits per heavy atom. The van der Waals surface area contributed by atoms with E-state index in [1.807, 2.05) is 6.92 Å². The van der Waals surface area contributed by atoms with Crippen LogP contribution in [0.2, 0.25) is 18.1 Å². The minimum atomic E-state index is -3.61. The number of sulfone groups is 1. The van der Waals surface area contributed by atoms with E-state index >= 15 is 0 Å². The summed E-state index contributed by atoms with van der Waals surface area (Å²) in [5.41, 5.74) is 0.787.